The third-order valence-corrected chi connectivity index (χ3v) is 2.06. The van der Waals surface area contributed by atoms with Gasteiger partial charge in [-0.25, -0.2) is 8.93 Å². The van der Waals surface area contributed by atoms with Gasteiger partial charge in [-0.15, -0.1) is 0 Å². The van der Waals surface area contributed by atoms with Crippen LogP contribution in [0.15, 0.2) is 0 Å². The second-order valence-electron chi connectivity index (χ2n) is 2.77. The van der Waals surface area contributed by atoms with Gasteiger partial charge in [0.05, 0.1) is 6.10 Å². The molecule has 0 bridgehead atoms. The van der Waals surface area contributed by atoms with E-state index in [-0.39, 0.29) is 6.29 Å². The van der Waals surface area contributed by atoms with Gasteiger partial charge in [-0.05, 0) is 0 Å². The number of hydrogen-bond donors (Lipinski definition) is 6. The maximum absolute atomic E-state index is 10.1. The van der Waals surface area contributed by atoms with E-state index in [1.165, 1.54) is 0 Å². The van der Waals surface area contributed by atoms with Crippen LogP contribution in [0.3, 0.4) is 0 Å². The first-order valence-corrected chi connectivity index (χ1v) is 5.02. The molecule has 5 unspecified atom stereocenters. The first-order chi connectivity index (χ1) is 6.90. The molecule has 0 aliphatic carbocycles. The van der Waals surface area contributed by atoms with Gasteiger partial charge in [0, 0.05) is 6.54 Å². The standard InChI is InChI=1S/C6H13NO7S/c8-2-4(10)6(12)5(11)3(9)1-7-15(13)14/h2-7,9-12H,1H2,(H,13,14). The van der Waals surface area contributed by atoms with E-state index in [1.54, 1.807) is 0 Å². The molecule has 0 rings (SSSR count). The molecule has 9 heteroatoms. The highest BCUT2D eigenvalue weighted by molar-refractivity contribution is 7.77. The van der Waals surface area contributed by atoms with Crippen molar-refractivity contribution in [1.29, 1.82) is 0 Å². The minimum absolute atomic E-state index is 0.00176. The van der Waals surface area contributed by atoms with Gasteiger partial charge >= 0.3 is 0 Å². The highest BCUT2D eigenvalue weighted by Crippen LogP contribution is 2.03. The molecule has 90 valence electrons. The van der Waals surface area contributed by atoms with Crippen molar-refractivity contribution in [2.45, 2.75) is 24.4 Å². The van der Waals surface area contributed by atoms with Crippen LogP contribution < -0.4 is 4.72 Å². The number of rotatable bonds is 7. The van der Waals surface area contributed by atoms with Gasteiger partial charge in [0.1, 0.15) is 18.3 Å². The maximum atomic E-state index is 10.1. The molecule has 0 aromatic rings. The molecule has 0 heterocycles. The number of hydrogen-bond acceptors (Lipinski definition) is 6. The molecule has 6 N–H and O–H groups in total. The van der Waals surface area contributed by atoms with Gasteiger partial charge in [-0.1, -0.05) is 0 Å². The molecule has 8 nitrogen and oxygen atoms in total. The Morgan fingerprint density at radius 3 is 2.13 bits per heavy atom. The second kappa shape index (κ2) is 6.95. The molecule has 0 aliphatic heterocycles. The highest BCUT2D eigenvalue weighted by atomic mass is 32.2. The van der Waals surface area contributed by atoms with Crippen LogP contribution in [-0.4, -0.2) is 66.4 Å². The quantitative estimate of drug-likeness (QED) is 0.199. The fourth-order valence-corrected chi connectivity index (χ4v) is 1.10. The van der Waals surface area contributed by atoms with E-state index < -0.39 is 42.2 Å². The van der Waals surface area contributed by atoms with Crippen molar-refractivity contribution in [2.24, 2.45) is 0 Å². The van der Waals surface area contributed by atoms with Crippen molar-refractivity contribution in [3.63, 3.8) is 0 Å². The Morgan fingerprint density at radius 2 is 1.73 bits per heavy atom. The molecule has 0 aliphatic rings. The third-order valence-electron chi connectivity index (χ3n) is 1.65. The number of aliphatic hydroxyl groups excluding tert-OH is 4. The summed E-state index contributed by atoms with van der Waals surface area (Å²) in [7, 11) is 0. The Labute approximate surface area is 88.0 Å². The predicted molar refractivity (Wildman–Crippen MR) is 48.9 cm³/mol. The van der Waals surface area contributed by atoms with Crippen molar-refractivity contribution in [3.8, 4) is 0 Å². The van der Waals surface area contributed by atoms with Crippen LogP contribution in [0.5, 0.6) is 0 Å². The lowest BCUT2D eigenvalue weighted by Crippen LogP contribution is -2.48. The van der Waals surface area contributed by atoms with Crippen LogP contribution in [0.4, 0.5) is 0 Å². The maximum Gasteiger partial charge on any atom is 0.231 e. The zero-order chi connectivity index (χ0) is 12.0. The summed E-state index contributed by atoms with van der Waals surface area (Å²) in [4.78, 5) is 10.0. The first-order valence-electron chi connectivity index (χ1n) is 3.92. The van der Waals surface area contributed by atoms with Gasteiger partial charge in [-0.2, -0.15) is 0 Å². The molecule has 0 spiro atoms. The lowest BCUT2D eigenvalue weighted by molar-refractivity contribution is -0.133. The molecule has 0 radical (unpaired) electrons. The van der Waals surface area contributed by atoms with Gasteiger partial charge < -0.3 is 25.2 Å². The first kappa shape index (κ1) is 14.6. The van der Waals surface area contributed by atoms with Crippen molar-refractivity contribution < 1.29 is 34.0 Å². The number of aliphatic hydroxyl groups is 4. The van der Waals surface area contributed by atoms with Gasteiger partial charge in [0.25, 0.3) is 0 Å². The average Bonchev–Trinajstić information content (AvgIpc) is 2.22. The smallest absolute Gasteiger partial charge is 0.231 e. The van der Waals surface area contributed by atoms with Crippen molar-refractivity contribution in [1.82, 2.24) is 4.72 Å². The summed E-state index contributed by atoms with van der Waals surface area (Å²) in [6, 6.07) is 0. The Balaban J connectivity index is 4.11. The van der Waals surface area contributed by atoms with E-state index in [0.29, 0.717) is 0 Å². The lowest BCUT2D eigenvalue weighted by Gasteiger charge is -2.23. The highest BCUT2D eigenvalue weighted by Gasteiger charge is 2.30. The Hall–Kier alpha value is -0.420. The molecule has 5 atom stereocenters. The lowest BCUT2D eigenvalue weighted by atomic mass is 10.0. The molecule has 0 fully saturated rings. The SMILES string of the molecule is O=CC(O)C(O)C(O)C(O)CNS(=O)O. The molecular weight excluding hydrogens is 230 g/mol. The summed E-state index contributed by atoms with van der Waals surface area (Å²) in [5.41, 5.74) is 0. The normalized spacial score (nSPS) is 21.4. The molecular formula is C6H13NO7S. The van der Waals surface area contributed by atoms with Crippen LogP contribution in [0, 0.1) is 0 Å². The Bertz CT molecular complexity index is 226. The summed E-state index contributed by atoms with van der Waals surface area (Å²) < 4.78 is 20.3. The fourth-order valence-electron chi connectivity index (χ4n) is 0.788. The van der Waals surface area contributed by atoms with Gasteiger partial charge in [0.15, 0.2) is 6.29 Å². The predicted octanol–water partition coefficient (Wildman–Crippen LogP) is -3.64. The summed E-state index contributed by atoms with van der Waals surface area (Å²) in [6.45, 7) is -0.479. The third kappa shape index (κ3) is 5.28. The van der Waals surface area contributed by atoms with E-state index in [9.17, 15) is 9.00 Å². The second-order valence-corrected chi connectivity index (χ2v) is 3.56. The summed E-state index contributed by atoms with van der Waals surface area (Å²) >= 11 is -2.36. The van der Waals surface area contributed by atoms with Gasteiger partial charge in [-0.3, -0.25) is 4.55 Å². The van der Waals surface area contributed by atoms with Crippen molar-refractivity contribution in [2.75, 3.05) is 6.54 Å². The zero-order valence-electron chi connectivity index (χ0n) is 7.55. The van der Waals surface area contributed by atoms with E-state index in [0.717, 1.165) is 0 Å². The number of carbonyl (C=O) groups is 1. The molecule has 0 saturated carbocycles. The van der Waals surface area contributed by atoms with E-state index in [4.69, 9.17) is 25.0 Å². The fraction of sp³-hybridized carbons (Fsp3) is 0.833. The van der Waals surface area contributed by atoms with Crippen LogP contribution in [-0.2, 0) is 16.1 Å². The number of aldehydes is 1. The van der Waals surface area contributed by atoms with E-state index in [1.807, 2.05) is 4.72 Å². The molecule has 0 amide bonds. The molecule has 0 aromatic heterocycles. The van der Waals surface area contributed by atoms with Crippen molar-refractivity contribution in [3.05, 3.63) is 0 Å². The van der Waals surface area contributed by atoms with Crippen LogP contribution in [0.1, 0.15) is 0 Å². The zero-order valence-corrected chi connectivity index (χ0v) is 8.37. The van der Waals surface area contributed by atoms with E-state index in [2.05, 4.69) is 0 Å². The molecule has 15 heavy (non-hydrogen) atoms. The monoisotopic (exact) mass is 243 g/mol. The Morgan fingerprint density at radius 1 is 1.20 bits per heavy atom. The average molecular weight is 243 g/mol. The van der Waals surface area contributed by atoms with Crippen molar-refractivity contribution >= 4 is 17.6 Å². The van der Waals surface area contributed by atoms with Crippen LogP contribution >= 0.6 is 0 Å². The number of nitrogens with one attached hydrogen (secondary N) is 1. The molecule has 0 aromatic carbocycles. The largest absolute Gasteiger partial charge is 0.389 e. The number of carbonyl (C=O) groups excluding carboxylic acids is 1. The van der Waals surface area contributed by atoms with Crippen LogP contribution in [0.2, 0.25) is 0 Å². The van der Waals surface area contributed by atoms with Gasteiger partial charge in [0.2, 0.25) is 11.3 Å². The summed E-state index contributed by atoms with van der Waals surface area (Å²) in [6.07, 6.45) is -7.08. The molecule has 0 saturated heterocycles. The van der Waals surface area contributed by atoms with Crippen LogP contribution in [0.25, 0.3) is 0 Å². The summed E-state index contributed by atoms with van der Waals surface area (Å²) in [5, 5.41) is 36.2. The minimum Gasteiger partial charge on any atom is -0.389 e. The van der Waals surface area contributed by atoms with E-state index >= 15 is 0 Å². The topological polar surface area (TPSA) is 147 Å². The minimum atomic E-state index is -2.36. The Kier molecular flexibility index (Phi) is 6.76. The summed E-state index contributed by atoms with van der Waals surface area (Å²) in [5.74, 6) is 0.